The monoisotopic (exact) mass is 238 g/mol. The first-order valence-electron chi connectivity index (χ1n) is 5.90. The van der Waals surface area contributed by atoms with Gasteiger partial charge in [-0.05, 0) is 24.6 Å². The predicted octanol–water partition coefficient (Wildman–Crippen LogP) is 2.44. The van der Waals surface area contributed by atoms with E-state index in [0.29, 0.717) is 0 Å². The lowest BCUT2D eigenvalue weighted by Gasteiger charge is -2.06. The molecule has 18 heavy (non-hydrogen) atoms. The zero-order valence-electron chi connectivity index (χ0n) is 10.1. The van der Waals surface area contributed by atoms with Gasteiger partial charge < -0.3 is 5.73 Å². The maximum Gasteiger partial charge on any atom is 0.153 e. The zero-order chi connectivity index (χ0) is 12.5. The molecule has 0 amide bonds. The largest absolute Gasteiger partial charge is 0.324 e. The second-order valence-corrected chi connectivity index (χ2v) is 4.35. The number of benzene rings is 1. The number of pyridine rings is 1. The van der Waals surface area contributed by atoms with Gasteiger partial charge in [0.1, 0.15) is 0 Å². The Balaban J connectivity index is 2.09. The molecule has 0 saturated carbocycles. The quantitative estimate of drug-likeness (QED) is 0.746. The summed E-state index contributed by atoms with van der Waals surface area (Å²) in [7, 11) is 0. The molecule has 1 unspecified atom stereocenters. The number of hydrogen-bond acceptors (Lipinski definition) is 3. The highest BCUT2D eigenvalue weighted by Gasteiger charge is 2.06. The summed E-state index contributed by atoms with van der Waals surface area (Å²) in [5.74, 6) is 0.806. The molecule has 2 N–H and O–H groups in total. The Kier molecular flexibility index (Phi) is 2.57. The Morgan fingerprint density at radius 3 is 2.67 bits per heavy atom. The molecule has 4 heteroatoms. The van der Waals surface area contributed by atoms with Gasteiger partial charge in [-0.3, -0.25) is 0 Å². The van der Waals surface area contributed by atoms with Crippen LogP contribution in [0.2, 0.25) is 0 Å². The summed E-state index contributed by atoms with van der Waals surface area (Å²) in [5.41, 5.74) is 7.89. The van der Waals surface area contributed by atoms with E-state index >= 15 is 0 Å². The molecule has 0 saturated heterocycles. The number of aromatic nitrogens is 3. The summed E-state index contributed by atoms with van der Waals surface area (Å²) < 4.78 is 1.83. The Hall–Kier alpha value is -2.20. The van der Waals surface area contributed by atoms with Gasteiger partial charge in [-0.25, -0.2) is 9.67 Å². The first-order chi connectivity index (χ1) is 8.75. The molecule has 1 aromatic carbocycles. The fourth-order valence-electron chi connectivity index (χ4n) is 1.95. The van der Waals surface area contributed by atoms with Crippen molar-refractivity contribution in [3.63, 3.8) is 0 Å². The second-order valence-electron chi connectivity index (χ2n) is 4.35. The molecular weight excluding hydrogens is 224 g/mol. The van der Waals surface area contributed by atoms with Gasteiger partial charge in [0.15, 0.2) is 5.82 Å². The van der Waals surface area contributed by atoms with Gasteiger partial charge in [0.2, 0.25) is 0 Å². The summed E-state index contributed by atoms with van der Waals surface area (Å²) in [4.78, 5) is 4.41. The van der Waals surface area contributed by atoms with E-state index in [0.717, 1.165) is 22.3 Å². The first-order valence-corrected chi connectivity index (χ1v) is 5.90. The van der Waals surface area contributed by atoms with Gasteiger partial charge in [0, 0.05) is 17.6 Å². The summed E-state index contributed by atoms with van der Waals surface area (Å²) >= 11 is 0. The van der Waals surface area contributed by atoms with Crippen LogP contribution in [0.1, 0.15) is 18.5 Å². The van der Waals surface area contributed by atoms with E-state index in [4.69, 9.17) is 5.73 Å². The first kappa shape index (κ1) is 10.9. The Bertz CT molecular complexity index is 668. The number of nitrogens with zero attached hydrogens (tertiary/aromatic N) is 3. The lowest BCUT2D eigenvalue weighted by Crippen LogP contribution is -2.06. The van der Waals surface area contributed by atoms with Crippen molar-refractivity contribution in [1.82, 2.24) is 14.8 Å². The van der Waals surface area contributed by atoms with E-state index in [-0.39, 0.29) is 6.04 Å². The summed E-state index contributed by atoms with van der Waals surface area (Å²) in [6.07, 6.45) is 3.65. The van der Waals surface area contributed by atoms with E-state index < -0.39 is 0 Å². The number of nitrogens with two attached hydrogens (primary N) is 1. The average Bonchev–Trinajstić information content (AvgIpc) is 2.82. The van der Waals surface area contributed by atoms with Crippen molar-refractivity contribution in [1.29, 1.82) is 0 Å². The molecule has 4 nitrogen and oxygen atoms in total. The zero-order valence-corrected chi connectivity index (χ0v) is 10.1. The van der Waals surface area contributed by atoms with Crippen molar-refractivity contribution in [3.05, 3.63) is 54.4 Å². The highest BCUT2D eigenvalue weighted by molar-refractivity contribution is 5.79. The molecule has 3 rings (SSSR count). The smallest absolute Gasteiger partial charge is 0.153 e. The maximum atomic E-state index is 5.81. The van der Waals surface area contributed by atoms with Crippen LogP contribution in [-0.2, 0) is 0 Å². The minimum atomic E-state index is 0.000848. The molecule has 3 aromatic rings. The predicted molar refractivity (Wildman–Crippen MR) is 71.5 cm³/mol. The molecule has 1 atom stereocenters. The van der Waals surface area contributed by atoms with Gasteiger partial charge >= 0.3 is 0 Å². The molecule has 0 aliphatic rings. The van der Waals surface area contributed by atoms with E-state index in [1.165, 1.54) is 0 Å². The minimum absolute atomic E-state index is 0.000848. The van der Waals surface area contributed by atoms with Gasteiger partial charge in [-0.2, -0.15) is 5.10 Å². The van der Waals surface area contributed by atoms with Crippen molar-refractivity contribution in [2.24, 2.45) is 5.73 Å². The average molecular weight is 238 g/mol. The number of para-hydroxylation sites is 1. The SMILES string of the molecule is CC(N)c1ccc(-n2ncc3ccccc32)nc1. The van der Waals surface area contributed by atoms with Crippen LogP contribution in [0.3, 0.4) is 0 Å². The summed E-state index contributed by atoms with van der Waals surface area (Å²) in [6.45, 7) is 1.94. The van der Waals surface area contributed by atoms with Crippen LogP contribution in [0.5, 0.6) is 0 Å². The van der Waals surface area contributed by atoms with Crippen molar-refractivity contribution < 1.29 is 0 Å². The van der Waals surface area contributed by atoms with Crippen LogP contribution in [0.15, 0.2) is 48.8 Å². The fourth-order valence-corrected chi connectivity index (χ4v) is 1.95. The third-order valence-electron chi connectivity index (χ3n) is 2.99. The topological polar surface area (TPSA) is 56.7 Å². The van der Waals surface area contributed by atoms with Crippen LogP contribution >= 0.6 is 0 Å². The molecular formula is C14H14N4. The van der Waals surface area contributed by atoms with Gasteiger partial charge in [0.05, 0.1) is 11.7 Å². The number of hydrogen-bond donors (Lipinski definition) is 1. The molecule has 0 aliphatic carbocycles. The van der Waals surface area contributed by atoms with Crippen molar-refractivity contribution in [3.8, 4) is 5.82 Å². The fraction of sp³-hybridized carbons (Fsp3) is 0.143. The molecule has 0 spiro atoms. The van der Waals surface area contributed by atoms with Crippen LogP contribution in [-0.4, -0.2) is 14.8 Å². The van der Waals surface area contributed by atoms with Gasteiger partial charge in [0.25, 0.3) is 0 Å². The van der Waals surface area contributed by atoms with Gasteiger partial charge in [-0.15, -0.1) is 0 Å². The molecule has 0 radical (unpaired) electrons. The number of fused-ring (bicyclic) bond motifs is 1. The van der Waals surface area contributed by atoms with Crippen LogP contribution in [0.4, 0.5) is 0 Å². The summed E-state index contributed by atoms with van der Waals surface area (Å²) in [6, 6.07) is 12.0. The lowest BCUT2D eigenvalue weighted by molar-refractivity contribution is 0.802. The normalized spacial score (nSPS) is 12.8. The molecule has 0 fully saturated rings. The highest BCUT2D eigenvalue weighted by Crippen LogP contribution is 2.17. The third-order valence-corrected chi connectivity index (χ3v) is 2.99. The Morgan fingerprint density at radius 1 is 1.11 bits per heavy atom. The van der Waals surface area contributed by atoms with Crippen LogP contribution < -0.4 is 5.73 Å². The standard InChI is InChI=1S/C14H14N4/c1-10(15)11-6-7-14(16-8-11)18-13-5-3-2-4-12(13)9-17-18/h2-10H,15H2,1H3. The lowest BCUT2D eigenvalue weighted by atomic mass is 10.1. The molecule has 0 bridgehead atoms. The van der Waals surface area contributed by atoms with E-state index in [9.17, 15) is 0 Å². The van der Waals surface area contributed by atoms with E-state index in [1.807, 2.05) is 54.2 Å². The molecule has 90 valence electrons. The molecule has 2 heterocycles. The van der Waals surface area contributed by atoms with Crippen LogP contribution in [0, 0.1) is 0 Å². The van der Waals surface area contributed by atoms with E-state index in [2.05, 4.69) is 10.1 Å². The van der Waals surface area contributed by atoms with E-state index in [1.54, 1.807) is 6.20 Å². The number of rotatable bonds is 2. The Morgan fingerprint density at radius 2 is 1.94 bits per heavy atom. The second kappa shape index (κ2) is 4.23. The highest BCUT2D eigenvalue weighted by atomic mass is 15.3. The van der Waals surface area contributed by atoms with Crippen molar-refractivity contribution >= 4 is 10.9 Å². The molecule has 2 aromatic heterocycles. The summed E-state index contributed by atoms with van der Waals surface area (Å²) in [5, 5.41) is 5.47. The minimum Gasteiger partial charge on any atom is -0.324 e. The van der Waals surface area contributed by atoms with Gasteiger partial charge in [-0.1, -0.05) is 24.3 Å². The third kappa shape index (κ3) is 1.76. The van der Waals surface area contributed by atoms with Crippen molar-refractivity contribution in [2.45, 2.75) is 13.0 Å². The van der Waals surface area contributed by atoms with Crippen molar-refractivity contribution in [2.75, 3.05) is 0 Å². The molecule has 0 aliphatic heterocycles. The van der Waals surface area contributed by atoms with Crippen LogP contribution in [0.25, 0.3) is 16.7 Å². The Labute approximate surface area is 105 Å². The maximum absolute atomic E-state index is 5.81.